The molecule has 1 N–H and O–H groups in total. The van der Waals surface area contributed by atoms with Gasteiger partial charge in [0.15, 0.2) is 0 Å². The molecule has 0 aliphatic carbocycles. The fourth-order valence-corrected chi connectivity index (χ4v) is 4.29. The zero-order valence-electron chi connectivity index (χ0n) is 13.4. The van der Waals surface area contributed by atoms with Crippen LogP contribution in [0.4, 0.5) is 5.69 Å². The first kappa shape index (κ1) is 18.4. The lowest BCUT2D eigenvalue weighted by Crippen LogP contribution is -2.11. The molecule has 0 amide bonds. The molecule has 1 heterocycles. The highest BCUT2D eigenvalue weighted by atomic mass is 35.5. The number of thiophene rings is 1. The number of esters is 1. The molecule has 0 saturated heterocycles. The van der Waals surface area contributed by atoms with E-state index < -0.39 is 16.0 Å². The van der Waals surface area contributed by atoms with E-state index in [2.05, 4.69) is 4.72 Å². The van der Waals surface area contributed by atoms with Gasteiger partial charge in [0.1, 0.15) is 10.8 Å². The Hall–Kier alpha value is -2.35. The molecular weight excluding hydrogens is 394 g/mol. The van der Waals surface area contributed by atoms with Crippen molar-refractivity contribution in [2.75, 3.05) is 4.72 Å². The molecule has 3 aromatic rings. The molecule has 8 heteroatoms. The van der Waals surface area contributed by atoms with Crippen molar-refractivity contribution in [1.82, 2.24) is 0 Å². The second-order valence-corrected chi connectivity index (χ2v) is 8.61. The second-order valence-electron chi connectivity index (χ2n) is 5.32. The third-order valence-electron chi connectivity index (χ3n) is 3.42. The number of halogens is 1. The van der Waals surface area contributed by atoms with Crippen LogP contribution in [0.3, 0.4) is 0 Å². The molecule has 2 aromatic carbocycles. The van der Waals surface area contributed by atoms with E-state index in [0.29, 0.717) is 16.3 Å². The highest BCUT2D eigenvalue weighted by molar-refractivity contribution is 7.94. The Morgan fingerprint density at radius 3 is 2.35 bits per heavy atom. The predicted molar refractivity (Wildman–Crippen MR) is 102 cm³/mol. The number of anilines is 1. The Bertz CT molecular complexity index is 983. The molecule has 134 valence electrons. The monoisotopic (exact) mass is 407 g/mol. The predicted octanol–water partition coefficient (Wildman–Crippen LogP) is 4.56. The first-order chi connectivity index (χ1) is 12.4. The van der Waals surface area contributed by atoms with E-state index in [1.54, 1.807) is 35.7 Å². The minimum absolute atomic E-state index is 0.128. The van der Waals surface area contributed by atoms with E-state index in [9.17, 15) is 13.2 Å². The Balaban J connectivity index is 1.61. The van der Waals surface area contributed by atoms with Crippen LogP contribution >= 0.6 is 22.9 Å². The van der Waals surface area contributed by atoms with E-state index in [1.165, 1.54) is 30.3 Å². The molecule has 0 aliphatic heterocycles. The second kappa shape index (κ2) is 7.90. The van der Waals surface area contributed by atoms with Crippen molar-refractivity contribution in [2.24, 2.45) is 0 Å². The van der Waals surface area contributed by atoms with Gasteiger partial charge in [-0.2, -0.15) is 0 Å². The van der Waals surface area contributed by atoms with Crippen LogP contribution in [0, 0.1) is 0 Å². The van der Waals surface area contributed by atoms with Gasteiger partial charge in [0.25, 0.3) is 10.0 Å². The third kappa shape index (κ3) is 4.63. The van der Waals surface area contributed by atoms with Gasteiger partial charge in [0.05, 0.1) is 5.56 Å². The Kier molecular flexibility index (Phi) is 5.61. The van der Waals surface area contributed by atoms with Crippen molar-refractivity contribution in [3.63, 3.8) is 0 Å². The largest absolute Gasteiger partial charge is 0.457 e. The summed E-state index contributed by atoms with van der Waals surface area (Å²) in [5.41, 5.74) is 1.52. The molecule has 26 heavy (non-hydrogen) atoms. The first-order valence-corrected chi connectivity index (χ1v) is 10.3. The molecule has 0 saturated carbocycles. The molecule has 1 aromatic heterocycles. The van der Waals surface area contributed by atoms with E-state index in [4.69, 9.17) is 16.3 Å². The van der Waals surface area contributed by atoms with Gasteiger partial charge in [-0.1, -0.05) is 29.8 Å². The molecule has 5 nitrogen and oxygen atoms in total. The molecule has 3 rings (SSSR count). The average Bonchev–Trinajstić information content (AvgIpc) is 3.17. The molecule has 0 unspecified atom stereocenters. The Morgan fingerprint density at radius 2 is 1.73 bits per heavy atom. The van der Waals surface area contributed by atoms with E-state index in [1.807, 2.05) is 0 Å². The minimum Gasteiger partial charge on any atom is -0.457 e. The van der Waals surface area contributed by atoms with E-state index in [0.717, 1.165) is 16.9 Å². The fraction of sp³-hybridized carbons (Fsp3) is 0.0556. The first-order valence-electron chi connectivity index (χ1n) is 7.52. The summed E-state index contributed by atoms with van der Waals surface area (Å²) in [4.78, 5) is 12.1. The van der Waals surface area contributed by atoms with Gasteiger partial charge >= 0.3 is 5.97 Å². The van der Waals surface area contributed by atoms with Gasteiger partial charge in [0.2, 0.25) is 0 Å². The lowest BCUT2D eigenvalue weighted by Gasteiger charge is -2.08. The van der Waals surface area contributed by atoms with Crippen LogP contribution in [0.5, 0.6) is 0 Å². The zero-order chi connectivity index (χ0) is 18.6. The van der Waals surface area contributed by atoms with Crippen LogP contribution in [0.2, 0.25) is 5.02 Å². The number of carbonyl (C=O) groups is 1. The maximum atomic E-state index is 12.2. The zero-order valence-corrected chi connectivity index (χ0v) is 15.8. The fourth-order valence-electron chi connectivity index (χ4n) is 2.11. The van der Waals surface area contributed by atoms with Crippen LogP contribution in [-0.2, 0) is 21.4 Å². The van der Waals surface area contributed by atoms with E-state index in [-0.39, 0.29) is 10.8 Å². The quantitative estimate of drug-likeness (QED) is 0.608. The number of ether oxygens (including phenoxy) is 1. The minimum atomic E-state index is -3.61. The lowest BCUT2D eigenvalue weighted by molar-refractivity contribution is 0.0473. The molecule has 0 fully saturated rings. The molecule has 0 radical (unpaired) electrons. The lowest BCUT2D eigenvalue weighted by atomic mass is 10.2. The number of benzene rings is 2. The number of nitrogens with one attached hydrogen (secondary N) is 1. The van der Waals surface area contributed by atoms with Crippen molar-refractivity contribution in [1.29, 1.82) is 0 Å². The van der Waals surface area contributed by atoms with Crippen molar-refractivity contribution in [3.05, 3.63) is 82.2 Å². The summed E-state index contributed by atoms with van der Waals surface area (Å²) >= 11 is 6.94. The smallest absolute Gasteiger partial charge is 0.338 e. The summed E-state index contributed by atoms with van der Waals surface area (Å²) in [7, 11) is -3.61. The van der Waals surface area contributed by atoms with Crippen LogP contribution in [-0.4, -0.2) is 14.4 Å². The summed E-state index contributed by atoms with van der Waals surface area (Å²) in [6.07, 6.45) is 0. The summed E-state index contributed by atoms with van der Waals surface area (Å²) < 4.78 is 32.3. The SMILES string of the molecule is O=C(OCc1ccc(Cl)cc1)c1ccc(NS(=O)(=O)c2cccs2)cc1. The van der Waals surface area contributed by atoms with Gasteiger partial charge in [-0.3, -0.25) is 4.72 Å². The van der Waals surface area contributed by atoms with Gasteiger partial charge < -0.3 is 4.74 Å². The standard InChI is InChI=1S/C18H14ClNO4S2/c19-15-7-3-13(4-8-15)12-24-18(21)14-5-9-16(10-6-14)20-26(22,23)17-2-1-11-25-17/h1-11,20H,12H2. The van der Waals surface area contributed by atoms with Crippen molar-refractivity contribution in [2.45, 2.75) is 10.8 Å². The molecule has 0 aliphatic rings. The molecular formula is C18H14ClNO4S2. The molecule has 0 spiro atoms. The van der Waals surface area contributed by atoms with Gasteiger partial charge in [0, 0.05) is 10.7 Å². The number of hydrogen-bond acceptors (Lipinski definition) is 5. The summed E-state index contributed by atoms with van der Waals surface area (Å²) in [5, 5.41) is 2.30. The highest BCUT2D eigenvalue weighted by Crippen LogP contribution is 2.20. The third-order valence-corrected chi connectivity index (χ3v) is 6.45. The van der Waals surface area contributed by atoms with Crippen LogP contribution in [0.25, 0.3) is 0 Å². The maximum Gasteiger partial charge on any atom is 0.338 e. The normalized spacial score (nSPS) is 11.1. The molecule has 0 bridgehead atoms. The van der Waals surface area contributed by atoms with Crippen LogP contribution in [0.15, 0.2) is 70.3 Å². The summed E-state index contributed by atoms with van der Waals surface area (Å²) in [5.74, 6) is -0.493. The van der Waals surface area contributed by atoms with Crippen molar-refractivity contribution < 1.29 is 17.9 Å². The summed E-state index contributed by atoms with van der Waals surface area (Å²) in [6.45, 7) is 0.128. The molecule has 0 atom stereocenters. The van der Waals surface area contributed by atoms with Gasteiger partial charge in [-0.05, 0) is 53.4 Å². The van der Waals surface area contributed by atoms with E-state index >= 15 is 0 Å². The van der Waals surface area contributed by atoms with Crippen molar-refractivity contribution in [3.8, 4) is 0 Å². The van der Waals surface area contributed by atoms with Gasteiger partial charge in [-0.15, -0.1) is 11.3 Å². The topological polar surface area (TPSA) is 72.5 Å². The Labute approximate surface area is 160 Å². The van der Waals surface area contributed by atoms with Crippen molar-refractivity contribution >= 4 is 44.6 Å². The Morgan fingerprint density at radius 1 is 1.04 bits per heavy atom. The average molecular weight is 408 g/mol. The number of rotatable bonds is 6. The number of sulfonamides is 1. The maximum absolute atomic E-state index is 12.2. The number of hydrogen-bond donors (Lipinski definition) is 1. The van der Waals surface area contributed by atoms with Crippen LogP contribution in [0.1, 0.15) is 15.9 Å². The van der Waals surface area contributed by atoms with Gasteiger partial charge in [-0.25, -0.2) is 13.2 Å². The summed E-state index contributed by atoms with van der Waals surface area (Å²) in [6, 6.07) is 16.2. The highest BCUT2D eigenvalue weighted by Gasteiger charge is 2.15. The van der Waals surface area contributed by atoms with Crippen LogP contribution < -0.4 is 4.72 Å². The number of carbonyl (C=O) groups excluding carboxylic acids is 1.